The molecule has 0 aliphatic heterocycles. The number of hydrogen-bond acceptors (Lipinski definition) is 3. The number of aryl methyl sites for hydroxylation is 2. The summed E-state index contributed by atoms with van der Waals surface area (Å²) < 4.78 is 7.70. The van der Waals surface area contributed by atoms with Crippen molar-refractivity contribution in [3.8, 4) is 5.75 Å². The number of para-hydroxylation sites is 2. The van der Waals surface area contributed by atoms with Crippen molar-refractivity contribution in [1.29, 1.82) is 0 Å². The number of carbonyl (C=O) groups is 1. The Balaban J connectivity index is 1.47. The van der Waals surface area contributed by atoms with E-state index in [-0.39, 0.29) is 5.91 Å². The molecule has 2 aromatic carbocycles. The van der Waals surface area contributed by atoms with E-state index in [0.29, 0.717) is 13.0 Å². The normalized spacial score (nSPS) is 13.9. The molecule has 0 unspecified atom stereocenters. The molecule has 0 atom stereocenters. The molecule has 3 aromatic rings. The maximum absolute atomic E-state index is 12.5. The quantitative estimate of drug-likeness (QED) is 0.500. The van der Waals surface area contributed by atoms with Gasteiger partial charge in [0.05, 0.1) is 12.8 Å². The first-order chi connectivity index (χ1) is 14.2. The molecule has 0 saturated heterocycles. The Hall–Kier alpha value is -3.08. The SMILES string of the molecule is COc1ccccc1/C(C)=N/NC(=O)CCn1c2c(c3ccccc31)CCCC2. The molecule has 0 saturated carbocycles. The van der Waals surface area contributed by atoms with Gasteiger partial charge < -0.3 is 9.30 Å². The predicted molar refractivity (Wildman–Crippen MR) is 117 cm³/mol. The van der Waals surface area contributed by atoms with Gasteiger partial charge in [-0.15, -0.1) is 0 Å². The Morgan fingerprint density at radius 2 is 1.86 bits per heavy atom. The highest BCUT2D eigenvalue weighted by Gasteiger charge is 2.19. The highest BCUT2D eigenvalue weighted by Crippen LogP contribution is 2.32. The number of rotatable bonds is 6. The van der Waals surface area contributed by atoms with Crippen LogP contribution in [-0.4, -0.2) is 23.3 Å². The molecule has 1 aliphatic carbocycles. The van der Waals surface area contributed by atoms with Crippen molar-refractivity contribution in [2.75, 3.05) is 7.11 Å². The number of ether oxygens (including phenoxy) is 1. The van der Waals surface area contributed by atoms with Gasteiger partial charge in [0.25, 0.3) is 0 Å². The molecule has 1 heterocycles. The number of fused-ring (bicyclic) bond motifs is 3. The van der Waals surface area contributed by atoms with Gasteiger partial charge in [-0.1, -0.05) is 30.3 Å². The second-order valence-electron chi connectivity index (χ2n) is 7.48. The molecule has 1 N–H and O–H groups in total. The number of amides is 1. The average Bonchev–Trinajstić information content (AvgIpc) is 3.09. The van der Waals surface area contributed by atoms with Gasteiger partial charge in [0.1, 0.15) is 5.75 Å². The van der Waals surface area contributed by atoms with Crippen LogP contribution in [0, 0.1) is 0 Å². The van der Waals surface area contributed by atoms with Crippen LogP contribution in [0.25, 0.3) is 10.9 Å². The van der Waals surface area contributed by atoms with Crippen molar-refractivity contribution in [3.05, 3.63) is 65.4 Å². The molecule has 5 heteroatoms. The summed E-state index contributed by atoms with van der Waals surface area (Å²) >= 11 is 0. The summed E-state index contributed by atoms with van der Waals surface area (Å²) in [6.07, 6.45) is 5.10. The lowest BCUT2D eigenvalue weighted by Gasteiger charge is -2.15. The highest BCUT2D eigenvalue weighted by atomic mass is 16.5. The molecule has 0 fully saturated rings. The van der Waals surface area contributed by atoms with E-state index in [9.17, 15) is 4.79 Å². The van der Waals surface area contributed by atoms with E-state index in [1.807, 2.05) is 31.2 Å². The maximum Gasteiger partial charge on any atom is 0.241 e. The van der Waals surface area contributed by atoms with Crippen LogP contribution in [0.1, 0.15) is 43.0 Å². The molecular formula is C24H27N3O2. The summed E-state index contributed by atoms with van der Waals surface area (Å²) in [7, 11) is 1.63. The summed E-state index contributed by atoms with van der Waals surface area (Å²) in [5, 5.41) is 5.62. The Labute approximate surface area is 171 Å². The molecule has 29 heavy (non-hydrogen) atoms. The van der Waals surface area contributed by atoms with Gasteiger partial charge in [-0.2, -0.15) is 5.10 Å². The van der Waals surface area contributed by atoms with E-state index in [4.69, 9.17) is 4.74 Å². The van der Waals surface area contributed by atoms with Crippen LogP contribution >= 0.6 is 0 Å². The van der Waals surface area contributed by atoms with Crippen LogP contribution in [0.2, 0.25) is 0 Å². The topological polar surface area (TPSA) is 55.6 Å². The van der Waals surface area contributed by atoms with E-state index in [0.717, 1.165) is 29.9 Å². The first kappa shape index (κ1) is 19.2. The third-order valence-corrected chi connectivity index (χ3v) is 5.69. The lowest BCUT2D eigenvalue weighted by molar-refractivity contribution is -0.121. The second-order valence-corrected chi connectivity index (χ2v) is 7.48. The van der Waals surface area contributed by atoms with Gasteiger partial charge in [0, 0.05) is 35.1 Å². The van der Waals surface area contributed by atoms with E-state index < -0.39 is 0 Å². The molecule has 4 rings (SSSR count). The largest absolute Gasteiger partial charge is 0.496 e. The van der Waals surface area contributed by atoms with Crippen molar-refractivity contribution in [1.82, 2.24) is 9.99 Å². The van der Waals surface area contributed by atoms with Crippen molar-refractivity contribution in [3.63, 3.8) is 0 Å². The monoisotopic (exact) mass is 389 g/mol. The van der Waals surface area contributed by atoms with E-state index in [1.54, 1.807) is 7.11 Å². The predicted octanol–water partition coefficient (Wildman–Crippen LogP) is 4.46. The van der Waals surface area contributed by atoms with E-state index >= 15 is 0 Å². The second kappa shape index (κ2) is 8.52. The van der Waals surface area contributed by atoms with Crippen molar-refractivity contribution >= 4 is 22.5 Å². The first-order valence-electron chi connectivity index (χ1n) is 10.2. The molecular weight excluding hydrogens is 362 g/mol. The summed E-state index contributed by atoms with van der Waals surface area (Å²) in [5.74, 6) is 0.662. The van der Waals surface area contributed by atoms with Gasteiger partial charge in [-0.3, -0.25) is 4.79 Å². The minimum atomic E-state index is -0.0819. The fraction of sp³-hybridized carbons (Fsp3) is 0.333. The van der Waals surface area contributed by atoms with E-state index in [1.165, 1.54) is 35.0 Å². The molecule has 1 aromatic heterocycles. The number of benzene rings is 2. The van der Waals surface area contributed by atoms with Crippen molar-refractivity contribution < 1.29 is 9.53 Å². The summed E-state index contributed by atoms with van der Waals surface area (Å²) in [5.41, 5.74) is 8.41. The molecule has 0 bridgehead atoms. The Bertz CT molecular complexity index is 1070. The number of nitrogens with zero attached hydrogens (tertiary/aromatic N) is 2. The summed E-state index contributed by atoms with van der Waals surface area (Å²) in [4.78, 5) is 12.5. The highest BCUT2D eigenvalue weighted by molar-refractivity contribution is 6.01. The summed E-state index contributed by atoms with van der Waals surface area (Å²) in [6, 6.07) is 16.2. The molecule has 0 spiro atoms. The van der Waals surface area contributed by atoms with Crippen LogP contribution in [0.15, 0.2) is 53.6 Å². The summed E-state index contributed by atoms with van der Waals surface area (Å²) in [6.45, 7) is 2.54. The average molecular weight is 389 g/mol. The van der Waals surface area contributed by atoms with Gasteiger partial charge in [-0.25, -0.2) is 5.43 Å². The van der Waals surface area contributed by atoms with Gasteiger partial charge in [0.2, 0.25) is 5.91 Å². The minimum Gasteiger partial charge on any atom is -0.496 e. The maximum atomic E-state index is 12.5. The molecule has 0 radical (unpaired) electrons. The van der Waals surface area contributed by atoms with Gasteiger partial charge >= 0.3 is 0 Å². The Morgan fingerprint density at radius 1 is 1.10 bits per heavy atom. The van der Waals surface area contributed by atoms with Crippen molar-refractivity contribution in [2.24, 2.45) is 5.10 Å². The van der Waals surface area contributed by atoms with Crippen LogP contribution in [0.3, 0.4) is 0 Å². The smallest absolute Gasteiger partial charge is 0.241 e. The minimum absolute atomic E-state index is 0.0819. The van der Waals surface area contributed by atoms with Crippen LogP contribution in [-0.2, 0) is 24.2 Å². The van der Waals surface area contributed by atoms with Crippen LogP contribution in [0.5, 0.6) is 5.75 Å². The van der Waals surface area contributed by atoms with Crippen LogP contribution < -0.4 is 10.2 Å². The molecule has 150 valence electrons. The van der Waals surface area contributed by atoms with Gasteiger partial charge in [0.15, 0.2) is 0 Å². The number of carbonyl (C=O) groups excluding carboxylic acids is 1. The van der Waals surface area contributed by atoms with Crippen molar-refractivity contribution in [2.45, 2.75) is 45.6 Å². The fourth-order valence-corrected chi connectivity index (χ4v) is 4.26. The Kier molecular flexibility index (Phi) is 5.65. The first-order valence-corrected chi connectivity index (χ1v) is 10.2. The third kappa shape index (κ3) is 3.90. The standard InChI is InChI=1S/C24H27N3O2/c1-17(18-9-5-8-14-23(18)29-2)25-26-24(28)15-16-27-21-12-6-3-10-19(21)20-11-4-7-13-22(20)27/h3,5-6,8-10,12,14H,4,7,11,13,15-16H2,1-2H3,(H,26,28)/b25-17+. The number of nitrogens with one attached hydrogen (secondary N) is 1. The van der Waals surface area contributed by atoms with Gasteiger partial charge in [-0.05, 0) is 56.4 Å². The molecule has 1 aliphatic rings. The Morgan fingerprint density at radius 3 is 2.72 bits per heavy atom. The fourth-order valence-electron chi connectivity index (χ4n) is 4.26. The van der Waals surface area contributed by atoms with E-state index in [2.05, 4.69) is 39.4 Å². The zero-order chi connectivity index (χ0) is 20.2. The lowest BCUT2D eigenvalue weighted by Crippen LogP contribution is -2.21. The zero-order valence-electron chi connectivity index (χ0n) is 17.1. The van der Waals surface area contributed by atoms with Crippen LogP contribution in [0.4, 0.5) is 0 Å². The molecule has 5 nitrogen and oxygen atoms in total. The number of methoxy groups -OCH3 is 1. The number of hydrazone groups is 1. The third-order valence-electron chi connectivity index (χ3n) is 5.69. The number of hydrogen-bond donors (Lipinski definition) is 1. The molecule has 1 amide bonds. The lowest BCUT2D eigenvalue weighted by atomic mass is 9.95. The zero-order valence-corrected chi connectivity index (χ0v) is 17.1. The number of aromatic nitrogens is 1.